The van der Waals surface area contributed by atoms with Crippen molar-refractivity contribution in [3.8, 4) is 0 Å². The molecule has 2 aromatic carbocycles. The van der Waals surface area contributed by atoms with Crippen LogP contribution >= 0.6 is 0 Å². The van der Waals surface area contributed by atoms with Crippen LogP contribution in [0.1, 0.15) is 20.7 Å². The van der Waals surface area contributed by atoms with Crippen LogP contribution in [0.5, 0.6) is 0 Å². The van der Waals surface area contributed by atoms with E-state index in [1.54, 1.807) is 0 Å². The molecule has 0 saturated heterocycles. The number of carbonyl (C=O) groups is 3. The number of primary amides is 1. The Hall–Kier alpha value is -4.38. The largest absolute Gasteiger partial charge is 0.488 e. The molecule has 0 aliphatic rings. The Morgan fingerprint density at radius 1 is 0.857 bits per heavy atom. The molecular formula is C17H17B2N5O11. The maximum Gasteiger partial charge on any atom is 0.488 e. The number of nitrogens with one attached hydrogen (secondary N) is 2. The highest BCUT2D eigenvalue weighted by Crippen LogP contribution is 2.18. The second-order valence-electron chi connectivity index (χ2n) is 6.95. The fourth-order valence-corrected chi connectivity index (χ4v) is 2.86. The van der Waals surface area contributed by atoms with E-state index < -0.39 is 76.9 Å². The molecule has 0 bridgehead atoms. The van der Waals surface area contributed by atoms with Crippen molar-refractivity contribution in [1.82, 2.24) is 10.6 Å². The van der Waals surface area contributed by atoms with E-state index in [1.165, 1.54) is 0 Å². The molecular weight excluding hydrogens is 472 g/mol. The molecule has 182 valence electrons. The second-order valence-corrected chi connectivity index (χ2v) is 6.95. The van der Waals surface area contributed by atoms with Crippen LogP contribution in [0.15, 0.2) is 36.4 Å². The van der Waals surface area contributed by atoms with Gasteiger partial charge in [-0.3, -0.25) is 34.6 Å². The third-order valence-corrected chi connectivity index (χ3v) is 4.64. The molecule has 0 aliphatic carbocycles. The van der Waals surface area contributed by atoms with E-state index in [9.17, 15) is 54.7 Å². The average molecular weight is 489 g/mol. The van der Waals surface area contributed by atoms with Crippen molar-refractivity contribution >= 4 is 54.3 Å². The van der Waals surface area contributed by atoms with E-state index in [4.69, 9.17) is 5.73 Å². The van der Waals surface area contributed by atoms with Crippen LogP contribution in [0.3, 0.4) is 0 Å². The Balaban J connectivity index is 2.27. The molecule has 35 heavy (non-hydrogen) atoms. The fourth-order valence-electron chi connectivity index (χ4n) is 2.86. The Morgan fingerprint density at radius 3 is 1.66 bits per heavy atom. The van der Waals surface area contributed by atoms with Gasteiger partial charge in [-0.15, -0.1) is 0 Å². The zero-order chi connectivity index (χ0) is 26.4. The lowest BCUT2D eigenvalue weighted by atomic mass is 9.79. The van der Waals surface area contributed by atoms with Gasteiger partial charge in [-0.05, 0) is 23.1 Å². The van der Waals surface area contributed by atoms with Gasteiger partial charge in [0.2, 0.25) is 5.91 Å². The third kappa shape index (κ3) is 6.58. The smallest absolute Gasteiger partial charge is 0.423 e. The molecule has 0 aromatic heterocycles. The molecule has 0 spiro atoms. The molecule has 1 atom stereocenters. The number of nitrogens with two attached hydrogens (primary N) is 1. The molecule has 0 saturated carbocycles. The van der Waals surface area contributed by atoms with Gasteiger partial charge in [-0.25, -0.2) is 0 Å². The zero-order valence-electron chi connectivity index (χ0n) is 17.5. The third-order valence-electron chi connectivity index (χ3n) is 4.64. The highest BCUT2D eigenvalue weighted by molar-refractivity contribution is 6.59. The van der Waals surface area contributed by atoms with E-state index in [1.807, 2.05) is 0 Å². The first-order valence-electron chi connectivity index (χ1n) is 9.50. The van der Waals surface area contributed by atoms with Crippen molar-refractivity contribution < 1.29 is 44.3 Å². The molecule has 16 nitrogen and oxygen atoms in total. The van der Waals surface area contributed by atoms with Gasteiger partial charge in [0, 0.05) is 18.7 Å². The number of nitro benzene ring substituents is 2. The molecule has 8 N–H and O–H groups in total. The first-order valence-corrected chi connectivity index (χ1v) is 9.50. The topological polar surface area (TPSA) is 268 Å². The van der Waals surface area contributed by atoms with Crippen LogP contribution in [0.25, 0.3) is 0 Å². The number of amides is 3. The lowest BCUT2D eigenvalue weighted by molar-refractivity contribution is -0.385. The maximum absolute atomic E-state index is 12.6. The van der Waals surface area contributed by atoms with Crippen LogP contribution in [0.2, 0.25) is 0 Å². The van der Waals surface area contributed by atoms with E-state index in [2.05, 4.69) is 10.6 Å². The number of nitrogens with zero attached hydrogens (tertiary/aromatic N) is 2. The van der Waals surface area contributed by atoms with Gasteiger partial charge in [0.25, 0.3) is 23.2 Å². The number of nitro groups is 2. The molecule has 18 heteroatoms. The number of rotatable bonds is 10. The summed E-state index contributed by atoms with van der Waals surface area (Å²) in [5.41, 5.74) is 2.07. The summed E-state index contributed by atoms with van der Waals surface area (Å²) in [4.78, 5) is 57.5. The summed E-state index contributed by atoms with van der Waals surface area (Å²) in [7, 11) is -4.10. The lowest BCUT2D eigenvalue weighted by Crippen LogP contribution is -2.51. The number of hydrogen-bond donors (Lipinski definition) is 7. The van der Waals surface area contributed by atoms with Crippen LogP contribution in [0, 0.1) is 20.2 Å². The Morgan fingerprint density at radius 2 is 1.29 bits per heavy atom. The monoisotopic (exact) mass is 489 g/mol. The second kappa shape index (κ2) is 11.2. The minimum Gasteiger partial charge on any atom is -0.423 e. The van der Waals surface area contributed by atoms with E-state index >= 15 is 0 Å². The predicted octanol–water partition coefficient (Wildman–Crippen LogP) is -4.12. The van der Waals surface area contributed by atoms with Crippen molar-refractivity contribution in [2.75, 3.05) is 6.54 Å². The predicted molar refractivity (Wildman–Crippen MR) is 119 cm³/mol. The number of benzene rings is 2. The first kappa shape index (κ1) is 26.9. The van der Waals surface area contributed by atoms with Crippen LogP contribution in [-0.2, 0) is 4.79 Å². The molecule has 0 aliphatic heterocycles. The van der Waals surface area contributed by atoms with Crippen molar-refractivity contribution in [2.24, 2.45) is 5.73 Å². The quantitative estimate of drug-likeness (QED) is 0.0957. The van der Waals surface area contributed by atoms with Gasteiger partial charge in [0.05, 0.1) is 9.85 Å². The van der Waals surface area contributed by atoms with E-state index in [-0.39, 0.29) is 10.9 Å². The fraction of sp³-hybridized carbons (Fsp3) is 0.118. The first-order chi connectivity index (χ1) is 16.3. The standard InChI is InChI=1S/C17H17B2N5O11/c20-15(25)12(22-17(27)11-6-9(19(30)31)2-4-14(11)24(34)35)7-21-16(26)10-5-8(18(28)29)1-3-13(10)23(32)33/h1-6,12,28-31H,7H2,(H2,20,25)(H,21,26)(H,22,27). The average Bonchev–Trinajstić information content (AvgIpc) is 2.79. The van der Waals surface area contributed by atoms with Crippen molar-refractivity contribution in [1.29, 1.82) is 0 Å². The Kier molecular flexibility index (Phi) is 8.57. The Bertz CT molecular complexity index is 1190. The summed E-state index contributed by atoms with van der Waals surface area (Å²) in [5, 5.41) is 63.6. The molecule has 3 amide bonds. The summed E-state index contributed by atoms with van der Waals surface area (Å²) >= 11 is 0. The van der Waals surface area contributed by atoms with Crippen LogP contribution in [0.4, 0.5) is 11.4 Å². The number of carbonyl (C=O) groups excluding carboxylic acids is 3. The van der Waals surface area contributed by atoms with Crippen LogP contribution < -0.4 is 27.3 Å². The summed E-state index contributed by atoms with van der Waals surface area (Å²) < 4.78 is 0. The summed E-state index contributed by atoms with van der Waals surface area (Å²) in [6.45, 7) is -0.709. The van der Waals surface area contributed by atoms with Crippen molar-refractivity contribution in [3.05, 3.63) is 67.8 Å². The highest BCUT2D eigenvalue weighted by Gasteiger charge is 2.28. The van der Waals surface area contributed by atoms with E-state index in [0.717, 1.165) is 36.4 Å². The molecule has 2 aromatic rings. The summed E-state index contributed by atoms with van der Waals surface area (Å²) in [6.07, 6.45) is 0. The Labute approximate surface area is 196 Å². The van der Waals surface area contributed by atoms with Gasteiger partial charge >= 0.3 is 14.2 Å². The summed E-state index contributed by atoms with van der Waals surface area (Å²) in [5.74, 6) is -3.53. The number of hydrogen-bond acceptors (Lipinski definition) is 11. The van der Waals surface area contributed by atoms with E-state index in [0.29, 0.717) is 0 Å². The minimum atomic E-state index is -2.06. The summed E-state index contributed by atoms with van der Waals surface area (Å²) in [6, 6.07) is 3.70. The van der Waals surface area contributed by atoms with Gasteiger partial charge < -0.3 is 36.5 Å². The lowest BCUT2D eigenvalue weighted by Gasteiger charge is -2.17. The molecule has 0 radical (unpaired) electrons. The van der Waals surface area contributed by atoms with Crippen LogP contribution in [-0.4, -0.2) is 74.5 Å². The molecule has 1 unspecified atom stereocenters. The molecule has 0 heterocycles. The van der Waals surface area contributed by atoms with Gasteiger partial charge in [0.15, 0.2) is 0 Å². The van der Waals surface area contributed by atoms with Gasteiger partial charge in [0.1, 0.15) is 17.2 Å². The normalized spacial score (nSPS) is 11.2. The molecule has 2 rings (SSSR count). The highest BCUT2D eigenvalue weighted by atomic mass is 16.6. The maximum atomic E-state index is 12.6. The zero-order valence-corrected chi connectivity index (χ0v) is 17.5. The minimum absolute atomic E-state index is 0.237. The van der Waals surface area contributed by atoms with Crippen molar-refractivity contribution in [2.45, 2.75) is 6.04 Å². The SMILES string of the molecule is NC(=O)C(CNC(=O)c1cc(B(O)O)ccc1[N+](=O)[O-])NC(=O)c1cc(B(O)O)ccc1[N+](=O)[O-]. The molecule has 0 fully saturated rings. The van der Waals surface area contributed by atoms with Gasteiger partial charge in [-0.1, -0.05) is 12.1 Å². The van der Waals surface area contributed by atoms with Crippen molar-refractivity contribution in [3.63, 3.8) is 0 Å². The van der Waals surface area contributed by atoms with Gasteiger partial charge in [-0.2, -0.15) is 0 Å².